The van der Waals surface area contributed by atoms with Crippen molar-refractivity contribution in [2.75, 3.05) is 11.6 Å². The van der Waals surface area contributed by atoms with Crippen molar-refractivity contribution in [3.8, 4) is 0 Å². The lowest BCUT2D eigenvalue weighted by Gasteiger charge is -2.14. The second kappa shape index (κ2) is 6.07. The number of aryl methyl sites for hydroxylation is 1. The Hall–Kier alpha value is -1.18. The van der Waals surface area contributed by atoms with Gasteiger partial charge >= 0.3 is 0 Å². The van der Waals surface area contributed by atoms with Gasteiger partial charge in [0.05, 0.1) is 0 Å². The van der Waals surface area contributed by atoms with Gasteiger partial charge in [-0.1, -0.05) is 48.5 Å². The van der Waals surface area contributed by atoms with Crippen molar-refractivity contribution in [1.82, 2.24) is 0 Å². The quantitative estimate of drug-likeness (QED) is 0.335. The van der Waals surface area contributed by atoms with Crippen LogP contribution in [0.5, 0.6) is 0 Å². The number of fused-ring (bicyclic) bond motifs is 2. The molecule has 0 amide bonds. The second-order valence-electron chi connectivity index (χ2n) is 4.94. The topological polar surface area (TPSA) is 0 Å². The second-order valence-corrected chi connectivity index (χ2v) is 6.42. The van der Waals surface area contributed by atoms with Gasteiger partial charge in [0.25, 0.3) is 0 Å². The first kappa shape index (κ1) is 13.8. The van der Waals surface area contributed by atoms with Crippen LogP contribution in [-0.4, -0.2) is 11.6 Å². The fourth-order valence-electron chi connectivity index (χ4n) is 2.82. The van der Waals surface area contributed by atoms with E-state index in [-0.39, 0.29) is 0 Å². The van der Waals surface area contributed by atoms with Crippen LogP contribution in [0.2, 0.25) is 0 Å². The fraction of sp³-hybridized carbons (Fsp3) is 0.222. The van der Waals surface area contributed by atoms with E-state index in [1.807, 2.05) is 11.8 Å². The Kier molecular flexibility index (Phi) is 4.18. The maximum atomic E-state index is 5.81. The minimum absolute atomic E-state index is 0.715. The monoisotopic (exact) mass is 300 g/mol. The largest absolute Gasteiger partial charge is 0.156 e. The van der Waals surface area contributed by atoms with Crippen LogP contribution in [0.25, 0.3) is 21.5 Å². The first-order valence-electron chi connectivity index (χ1n) is 6.85. The highest BCUT2D eigenvalue weighted by Gasteiger charge is 2.10. The molecule has 0 aliphatic heterocycles. The summed E-state index contributed by atoms with van der Waals surface area (Å²) in [6.45, 7) is 2.22. The summed E-state index contributed by atoms with van der Waals surface area (Å²) in [6, 6.07) is 17.5. The Morgan fingerprint density at radius 2 is 1.35 bits per heavy atom. The molecular weight excluding hydrogens is 284 g/mol. The molecule has 0 bridgehead atoms. The van der Waals surface area contributed by atoms with Crippen molar-refractivity contribution in [2.24, 2.45) is 0 Å². The molecule has 0 aliphatic carbocycles. The highest BCUT2D eigenvalue weighted by atomic mass is 35.5. The van der Waals surface area contributed by atoms with Crippen molar-refractivity contribution in [1.29, 1.82) is 0 Å². The number of rotatable bonds is 4. The molecule has 0 heterocycles. The van der Waals surface area contributed by atoms with Gasteiger partial charge < -0.3 is 0 Å². The highest BCUT2D eigenvalue weighted by Crippen LogP contribution is 2.34. The molecular formula is C18H17ClS. The van der Waals surface area contributed by atoms with Gasteiger partial charge in [0.15, 0.2) is 0 Å². The molecule has 0 aliphatic rings. The third-order valence-electron chi connectivity index (χ3n) is 3.78. The lowest BCUT2D eigenvalue weighted by atomic mass is 9.93. The molecule has 0 saturated heterocycles. The lowest BCUT2D eigenvalue weighted by Crippen LogP contribution is -1.92. The molecule has 0 saturated carbocycles. The van der Waals surface area contributed by atoms with E-state index in [1.165, 1.54) is 32.7 Å². The van der Waals surface area contributed by atoms with Crippen LogP contribution in [0.3, 0.4) is 0 Å². The van der Waals surface area contributed by atoms with Gasteiger partial charge in [-0.2, -0.15) is 11.8 Å². The summed E-state index contributed by atoms with van der Waals surface area (Å²) in [5.74, 6) is 2.73. The van der Waals surface area contributed by atoms with Crippen LogP contribution in [0.15, 0.2) is 48.5 Å². The normalized spacial score (nSPS) is 11.3. The number of alkyl halides is 1. The molecule has 3 rings (SSSR count). The van der Waals surface area contributed by atoms with Crippen molar-refractivity contribution in [2.45, 2.75) is 12.7 Å². The van der Waals surface area contributed by atoms with Gasteiger partial charge in [0.1, 0.15) is 0 Å². The molecule has 0 nitrogen and oxygen atoms in total. The fourth-order valence-corrected chi connectivity index (χ4v) is 3.92. The van der Waals surface area contributed by atoms with Crippen molar-refractivity contribution in [3.05, 3.63) is 59.7 Å². The van der Waals surface area contributed by atoms with Gasteiger partial charge in [-0.15, -0.1) is 11.6 Å². The molecule has 0 spiro atoms. The number of halogens is 1. The predicted molar refractivity (Wildman–Crippen MR) is 93.1 cm³/mol. The molecule has 0 N–H and O–H groups in total. The van der Waals surface area contributed by atoms with Crippen LogP contribution in [0.4, 0.5) is 0 Å². The lowest BCUT2D eigenvalue weighted by molar-refractivity contribution is 1.45. The summed E-state index contributed by atoms with van der Waals surface area (Å²) in [5, 5.41) is 5.50. The molecule has 3 aromatic rings. The summed E-state index contributed by atoms with van der Waals surface area (Å²) in [7, 11) is 0. The number of hydrogen-bond acceptors (Lipinski definition) is 1. The first-order valence-corrected chi connectivity index (χ1v) is 8.54. The van der Waals surface area contributed by atoms with Crippen molar-refractivity contribution >= 4 is 44.9 Å². The van der Waals surface area contributed by atoms with Gasteiger partial charge in [0.2, 0.25) is 0 Å². The van der Waals surface area contributed by atoms with Gasteiger partial charge in [-0.05, 0) is 39.6 Å². The zero-order valence-electron chi connectivity index (χ0n) is 11.5. The maximum absolute atomic E-state index is 5.81. The highest BCUT2D eigenvalue weighted by molar-refractivity contribution is 7.98. The van der Waals surface area contributed by atoms with Crippen LogP contribution in [0, 0.1) is 6.92 Å². The minimum atomic E-state index is 0.715. The standard InChI is InChI=1S/C18H17ClS/c1-13-14-6-2-4-8-16(14)18(12-20-11-10-19)17-9-5-3-7-15(13)17/h2-9H,10-12H2,1H3. The Balaban J connectivity index is 2.28. The van der Waals surface area contributed by atoms with E-state index in [9.17, 15) is 0 Å². The predicted octanol–water partition coefficient (Wildman–Crippen LogP) is 5.77. The van der Waals surface area contributed by atoms with Gasteiger partial charge in [-0.3, -0.25) is 0 Å². The third kappa shape index (κ3) is 2.41. The van der Waals surface area contributed by atoms with Crippen LogP contribution in [-0.2, 0) is 5.75 Å². The number of hydrogen-bond donors (Lipinski definition) is 0. The first-order chi connectivity index (χ1) is 9.83. The zero-order chi connectivity index (χ0) is 13.9. The van der Waals surface area contributed by atoms with Gasteiger partial charge in [0, 0.05) is 17.4 Å². The van der Waals surface area contributed by atoms with Crippen molar-refractivity contribution in [3.63, 3.8) is 0 Å². The van der Waals surface area contributed by atoms with Crippen LogP contribution < -0.4 is 0 Å². The molecule has 102 valence electrons. The summed E-state index contributed by atoms with van der Waals surface area (Å²) in [5.41, 5.74) is 2.82. The SMILES string of the molecule is Cc1c2ccccc2c(CSCCCl)c2ccccc12. The number of thioether (sulfide) groups is 1. The van der Waals surface area contributed by atoms with E-state index in [1.54, 1.807) is 0 Å². The summed E-state index contributed by atoms with van der Waals surface area (Å²) in [4.78, 5) is 0. The molecule has 0 unspecified atom stereocenters. The molecule has 0 radical (unpaired) electrons. The Bertz CT molecular complexity index is 692. The van der Waals surface area contributed by atoms with E-state index >= 15 is 0 Å². The number of benzene rings is 3. The molecule has 20 heavy (non-hydrogen) atoms. The smallest absolute Gasteiger partial charge is 0.0314 e. The van der Waals surface area contributed by atoms with E-state index < -0.39 is 0 Å². The molecule has 0 aromatic heterocycles. The Labute approximate surface area is 129 Å². The Morgan fingerprint density at radius 3 is 1.85 bits per heavy atom. The van der Waals surface area contributed by atoms with E-state index in [0.29, 0.717) is 5.88 Å². The van der Waals surface area contributed by atoms with Crippen LogP contribution in [0.1, 0.15) is 11.1 Å². The maximum Gasteiger partial charge on any atom is 0.0314 e. The average molecular weight is 301 g/mol. The van der Waals surface area contributed by atoms with E-state index in [0.717, 1.165) is 11.5 Å². The average Bonchev–Trinajstić information content (AvgIpc) is 2.51. The minimum Gasteiger partial charge on any atom is -0.156 e. The van der Waals surface area contributed by atoms with Gasteiger partial charge in [-0.25, -0.2) is 0 Å². The summed E-state index contributed by atoms with van der Waals surface area (Å²) < 4.78 is 0. The van der Waals surface area contributed by atoms with E-state index in [2.05, 4.69) is 55.5 Å². The zero-order valence-corrected chi connectivity index (χ0v) is 13.1. The molecule has 0 fully saturated rings. The van der Waals surface area contributed by atoms with Crippen LogP contribution >= 0.6 is 23.4 Å². The van der Waals surface area contributed by atoms with Crippen molar-refractivity contribution < 1.29 is 0 Å². The molecule has 0 atom stereocenters. The molecule has 3 aromatic carbocycles. The summed E-state index contributed by atoms with van der Waals surface area (Å²) in [6.07, 6.45) is 0. The summed E-state index contributed by atoms with van der Waals surface area (Å²) >= 11 is 7.72. The Morgan fingerprint density at radius 1 is 0.850 bits per heavy atom. The molecule has 2 heteroatoms. The third-order valence-corrected chi connectivity index (χ3v) is 5.18. The van der Waals surface area contributed by atoms with E-state index in [4.69, 9.17) is 11.6 Å².